The summed E-state index contributed by atoms with van der Waals surface area (Å²) in [4.78, 5) is 18.0. The molecular weight excluding hydrogens is 500 g/mol. The van der Waals surface area contributed by atoms with Crippen LogP contribution in [0.2, 0.25) is 0 Å². The Morgan fingerprint density at radius 3 is 0.967 bits per heavy atom. The van der Waals surface area contributed by atoms with Gasteiger partial charge in [0, 0.05) is 19.5 Å². The third-order valence-electron chi connectivity index (χ3n) is 3.27. The van der Waals surface area contributed by atoms with E-state index in [-0.39, 0.29) is 19.5 Å². The van der Waals surface area contributed by atoms with E-state index in [0.717, 1.165) is 0 Å². The number of rotatable bonds is 5. The predicted octanol–water partition coefficient (Wildman–Crippen LogP) is 3.52. The van der Waals surface area contributed by atoms with Crippen LogP contribution < -0.4 is 15.9 Å². The van der Waals surface area contributed by atoms with Gasteiger partial charge in [-0.2, -0.15) is 0 Å². The smallest absolute Gasteiger partial charge is 0.335 e. The average Bonchev–Trinajstić information content (AvgIpc) is 2.77. The molecule has 0 aliphatic carbocycles. The van der Waals surface area contributed by atoms with Crippen molar-refractivity contribution in [3.63, 3.8) is 0 Å². The summed E-state index contributed by atoms with van der Waals surface area (Å²) in [6.07, 6.45) is 0. The molecule has 0 aromatic heterocycles. The van der Waals surface area contributed by atoms with Crippen molar-refractivity contribution in [3.8, 4) is 0 Å². The minimum absolute atomic E-state index is 0. The van der Waals surface area contributed by atoms with Crippen molar-refractivity contribution in [3.05, 3.63) is 91.0 Å². The van der Waals surface area contributed by atoms with Gasteiger partial charge in [-0.3, -0.25) is 0 Å². The van der Waals surface area contributed by atoms with Crippen molar-refractivity contribution >= 4 is 35.8 Å². The molecule has 0 aliphatic rings. The fraction of sp³-hybridized carbons (Fsp3) is 0.0909. The monoisotopic (exact) mass is 521 g/mol. The molecule has 3 aromatic rings. The van der Waals surface area contributed by atoms with E-state index in [2.05, 4.69) is 91.0 Å². The Hall–Kier alpha value is -2.49. The van der Waals surface area contributed by atoms with Gasteiger partial charge in [0.2, 0.25) is 0 Å². The van der Waals surface area contributed by atoms with Crippen LogP contribution in [0, 0.1) is 0 Å². The summed E-state index contributed by atoms with van der Waals surface area (Å²) in [5, 5.41) is 18.9. The predicted molar refractivity (Wildman–Crippen MR) is 112 cm³/mol. The molecule has 4 nitrogen and oxygen atoms in total. The Balaban J connectivity index is 0.000000646. The van der Waals surface area contributed by atoms with Crippen LogP contribution in [0.4, 0.5) is 8.78 Å². The molecule has 0 saturated carbocycles. The molecule has 0 saturated heterocycles. The van der Waals surface area contributed by atoms with E-state index in [1.165, 1.54) is 15.9 Å². The number of carboxylic acids is 2. The molecule has 161 valence electrons. The van der Waals surface area contributed by atoms with Gasteiger partial charge in [-0.15, -0.1) is 0 Å². The molecule has 3 aromatic carbocycles. The van der Waals surface area contributed by atoms with Crippen LogP contribution in [0.15, 0.2) is 91.0 Å². The van der Waals surface area contributed by atoms with Gasteiger partial charge in [0.25, 0.3) is 0 Å². The molecule has 30 heavy (non-hydrogen) atoms. The van der Waals surface area contributed by atoms with E-state index in [4.69, 9.17) is 19.8 Å². The first-order chi connectivity index (χ1) is 14.0. The normalized spacial score (nSPS) is 9.17. The second-order valence-corrected chi connectivity index (χ2v) is 7.62. The van der Waals surface area contributed by atoms with Crippen LogP contribution in [0.25, 0.3) is 0 Å². The molecule has 0 bridgehead atoms. The number of benzene rings is 3. The third kappa shape index (κ3) is 10.9. The number of hydrogen-bond acceptors (Lipinski definition) is 2. The number of alkyl halides is 2. The summed E-state index contributed by atoms with van der Waals surface area (Å²) in [6, 6.07) is 32.3. The molecule has 0 heterocycles. The number of carbonyl (C=O) groups is 2. The molecule has 0 aliphatic heterocycles. The van der Waals surface area contributed by atoms with Gasteiger partial charge in [0.15, 0.2) is 13.3 Å². The molecule has 2 N–H and O–H groups in total. The van der Waals surface area contributed by atoms with Crippen LogP contribution in [-0.2, 0) is 29.1 Å². The first kappa shape index (κ1) is 27.5. The van der Waals surface area contributed by atoms with E-state index in [1.54, 1.807) is 0 Å². The summed E-state index contributed by atoms with van der Waals surface area (Å²) in [7, 11) is -0.446. The van der Waals surface area contributed by atoms with Crippen molar-refractivity contribution in [1.82, 2.24) is 0 Å². The Kier molecular flexibility index (Phi) is 15.0. The second-order valence-electron chi connectivity index (χ2n) is 5.40. The van der Waals surface area contributed by atoms with Gasteiger partial charge < -0.3 is 10.2 Å². The van der Waals surface area contributed by atoms with Crippen molar-refractivity contribution in [2.24, 2.45) is 0 Å². The van der Waals surface area contributed by atoms with Crippen molar-refractivity contribution in [2.75, 3.05) is 13.3 Å². The summed E-state index contributed by atoms with van der Waals surface area (Å²) in [5.41, 5.74) is 0. The molecule has 0 amide bonds. The van der Waals surface area contributed by atoms with Crippen molar-refractivity contribution < 1.29 is 48.1 Å². The molecule has 0 unspecified atom stereocenters. The zero-order valence-electron chi connectivity index (χ0n) is 15.8. The molecular formula is C22H21F2O4PRh. The third-order valence-corrected chi connectivity index (χ3v) is 5.72. The largest absolute Gasteiger partial charge is 0.479 e. The molecule has 0 spiro atoms. The topological polar surface area (TPSA) is 74.6 Å². The van der Waals surface area contributed by atoms with Crippen LogP contribution >= 0.6 is 7.92 Å². The van der Waals surface area contributed by atoms with E-state index in [9.17, 15) is 8.78 Å². The van der Waals surface area contributed by atoms with E-state index in [0.29, 0.717) is 0 Å². The Morgan fingerprint density at radius 2 is 0.800 bits per heavy atom. The van der Waals surface area contributed by atoms with E-state index in [1.807, 2.05) is 0 Å². The SMILES string of the molecule is O=C(O)CF.O=C(O)CF.[Rh].c1ccc(P(c2ccccc2)c2ccccc2)cc1. The maximum Gasteiger partial charge on any atom is 0.335 e. The first-order valence-corrected chi connectivity index (χ1v) is 9.84. The molecule has 0 fully saturated rings. The van der Waals surface area contributed by atoms with Crippen LogP contribution in [-0.4, -0.2) is 35.5 Å². The quantitative estimate of drug-likeness (QED) is 0.398. The van der Waals surface area contributed by atoms with Crippen molar-refractivity contribution in [1.29, 1.82) is 0 Å². The molecule has 3 rings (SSSR count). The van der Waals surface area contributed by atoms with Gasteiger partial charge in [-0.25, -0.2) is 18.4 Å². The summed E-state index contributed by atoms with van der Waals surface area (Å²) in [5.74, 6) is -2.82. The summed E-state index contributed by atoms with van der Waals surface area (Å²) in [6.45, 7) is -2.56. The standard InChI is InChI=1S/C18H15P.2C2H3FO2.Rh/c1-4-10-16(11-5-1)19(17-12-6-2-7-13-17)18-14-8-3-9-15-18;2*3-1-2(4)5;/h1-15H;2*1H2,(H,4,5);. The molecule has 1 radical (unpaired) electrons. The number of halogens is 2. The molecule has 8 heteroatoms. The van der Waals surface area contributed by atoms with Gasteiger partial charge in [-0.1, -0.05) is 91.0 Å². The van der Waals surface area contributed by atoms with Crippen LogP contribution in [0.5, 0.6) is 0 Å². The van der Waals surface area contributed by atoms with Gasteiger partial charge in [0.1, 0.15) is 0 Å². The Labute approximate surface area is 188 Å². The zero-order chi connectivity index (χ0) is 21.5. The van der Waals surface area contributed by atoms with Gasteiger partial charge >= 0.3 is 11.9 Å². The van der Waals surface area contributed by atoms with Crippen LogP contribution in [0.1, 0.15) is 0 Å². The Morgan fingerprint density at radius 1 is 0.600 bits per heavy atom. The minimum atomic E-state index is -1.41. The summed E-state index contributed by atoms with van der Waals surface area (Å²) < 4.78 is 21.0. The number of aliphatic carboxylic acids is 2. The van der Waals surface area contributed by atoms with Crippen molar-refractivity contribution in [2.45, 2.75) is 0 Å². The second kappa shape index (κ2) is 16.3. The van der Waals surface area contributed by atoms with Gasteiger partial charge in [0.05, 0.1) is 0 Å². The average molecular weight is 521 g/mol. The van der Waals surface area contributed by atoms with Gasteiger partial charge in [-0.05, 0) is 23.8 Å². The van der Waals surface area contributed by atoms with Crippen LogP contribution in [0.3, 0.4) is 0 Å². The number of carboxylic acid groups (broad SMARTS) is 2. The van der Waals surface area contributed by atoms with E-state index < -0.39 is 33.2 Å². The number of hydrogen-bond donors (Lipinski definition) is 2. The minimum Gasteiger partial charge on any atom is -0.479 e. The maximum atomic E-state index is 10.5. The maximum absolute atomic E-state index is 10.5. The fourth-order valence-electron chi connectivity index (χ4n) is 2.18. The fourth-order valence-corrected chi connectivity index (χ4v) is 4.48. The summed E-state index contributed by atoms with van der Waals surface area (Å²) >= 11 is 0. The zero-order valence-corrected chi connectivity index (χ0v) is 18.4. The first-order valence-electron chi connectivity index (χ1n) is 8.50. The molecule has 0 atom stereocenters. The van der Waals surface area contributed by atoms with E-state index >= 15 is 0 Å². The Bertz CT molecular complexity index is 745.